The molecule has 2 atom stereocenters. The lowest BCUT2D eigenvalue weighted by molar-refractivity contribution is 0.235. The second-order valence-corrected chi connectivity index (χ2v) is 6.68. The standard InChI is InChI=1S/C23H25N3O2/c1-16-12-13-21(28-3)19(15-16)17(2)25-23(27)26-22(18-9-5-4-6-10-18)20-11-7-8-14-24-20/h4-15,17,22H,1-3H3,(H2,25,26,27). The van der Waals surface area contributed by atoms with E-state index in [0.717, 1.165) is 28.1 Å². The van der Waals surface area contributed by atoms with Crippen molar-refractivity contribution in [2.75, 3.05) is 7.11 Å². The molecule has 5 nitrogen and oxygen atoms in total. The van der Waals surface area contributed by atoms with Gasteiger partial charge in [0.25, 0.3) is 0 Å². The van der Waals surface area contributed by atoms with Gasteiger partial charge in [0.1, 0.15) is 5.75 Å². The number of ether oxygens (including phenoxy) is 1. The maximum Gasteiger partial charge on any atom is 0.316 e. The Morgan fingerprint density at radius 3 is 2.43 bits per heavy atom. The number of amides is 2. The zero-order chi connectivity index (χ0) is 19.9. The largest absolute Gasteiger partial charge is 0.496 e. The first-order valence-corrected chi connectivity index (χ1v) is 9.26. The molecule has 28 heavy (non-hydrogen) atoms. The van der Waals surface area contributed by atoms with Crippen LogP contribution in [-0.2, 0) is 0 Å². The topological polar surface area (TPSA) is 63.2 Å². The normalized spacial score (nSPS) is 12.7. The lowest BCUT2D eigenvalue weighted by Gasteiger charge is -2.22. The van der Waals surface area contributed by atoms with Gasteiger partial charge >= 0.3 is 6.03 Å². The number of aromatic nitrogens is 1. The van der Waals surface area contributed by atoms with Gasteiger partial charge in [0, 0.05) is 11.8 Å². The molecular weight excluding hydrogens is 350 g/mol. The van der Waals surface area contributed by atoms with E-state index in [1.165, 1.54) is 0 Å². The van der Waals surface area contributed by atoms with Gasteiger partial charge in [-0.15, -0.1) is 0 Å². The molecule has 0 aliphatic carbocycles. The van der Waals surface area contributed by atoms with Crippen LogP contribution in [0.3, 0.4) is 0 Å². The van der Waals surface area contributed by atoms with Crippen LogP contribution in [0.25, 0.3) is 0 Å². The Balaban J connectivity index is 1.78. The summed E-state index contributed by atoms with van der Waals surface area (Å²) in [4.78, 5) is 17.2. The summed E-state index contributed by atoms with van der Waals surface area (Å²) in [5, 5.41) is 6.06. The van der Waals surface area contributed by atoms with E-state index in [9.17, 15) is 4.79 Å². The van der Waals surface area contributed by atoms with E-state index in [1.54, 1.807) is 13.3 Å². The van der Waals surface area contributed by atoms with Crippen LogP contribution in [0, 0.1) is 6.92 Å². The number of rotatable bonds is 6. The summed E-state index contributed by atoms with van der Waals surface area (Å²) >= 11 is 0. The van der Waals surface area contributed by atoms with Crippen molar-refractivity contribution in [2.24, 2.45) is 0 Å². The average Bonchev–Trinajstić information content (AvgIpc) is 2.73. The fraction of sp³-hybridized carbons (Fsp3) is 0.217. The highest BCUT2D eigenvalue weighted by atomic mass is 16.5. The predicted molar refractivity (Wildman–Crippen MR) is 110 cm³/mol. The highest BCUT2D eigenvalue weighted by Crippen LogP contribution is 2.26. The van der Waals surface area contributed by atoms with Crippen molar-refractivity contribution < 1.29 is 9.53 Å². The number of carbonyl (C=O) groups excluding carboxylic acids is 1. The van der Waals surface area contributed by atoms with E-state index in [2.05, 4.69) is 15.6 Å². The molecule has 1 heterocycles. The van der Waals surface area contributed by atoms with E-state index >= 15 is 0 Å². The molecule has 2 aromatic carbocycles. The number of methoxy groups -OCH3 is 1. The highest BCUT2D eigenvalue weighted by Gasteiger charge is 2.20. The minimum absolute atomic E-state index is 0.213. The lowest BCUT2D eigenvalue weighted by Crippen LogP contribution is -2.40. The molecule has 5 heteroatoms. The Hall–Kier alpha value is -3.34. The van der Waals surface area contributed by atoms with E-state index in [-0.39, 0.29) is 18.1 Å². The number of nitrogens with zero attached hydrogens (tertiary/aromatic N) is 1. The lowest BCUT2D eigenvalue weighted by atomic mass is 10.0. The maximum absolute atomic E-state index is 12.8. The zero-order valence-electron chi connectivity index (χ0n) is 16.3. The van der Waals surface area contributed by atoms with Crippen LogP contribution in [-0.4, -0.2) is 18.1 Å². The minimum Gasteiger partial charge on any atom is -0.496 e. The van der Waals surface area contributed by atoms with Crippen molar-refractivity contribution >= 4 is 6.03 Å². The van der Waals surface area contributed by atoms with Crippen molar-refractivity contribution in [2.45, 2.75) is 25.9 Å². The molecule has 1 aromatic heterocycles. The second kappa shape index (κ2) is 9.04. The summed E-state index contributed by atoms with van der Waals surface area (Å²) in [6.07, 6.45) is 1.73. The Labute approximate surface area is 165 Å². The van der Waals surface area contributed by atoms with Crippen molar-refractivity contribution in [1.29, 1.82) is 0 Å². The van der Waals surface area contributed by atoms with Gasteiger partial charge in [0.05, 0.1) is 24.9 Å². The molecular formula is C23H25N3O2. The number of carbonyl (C=O) groups is 1. The van der Waals surface area contributed by atoms with Crippen LogP contribution >= 0.6 is 0 Å². The molecule has 2 N–H and O–H groups in total. The molecule has 2 unspecified atom stereocenters. The molecule has 0 saturated carbocycles. The number of hydrogen-bond acceptors (Lipinski definition) is 3. The van der Waals surface area contributed by atoms with Gasteiger partial charge in [-0.1, -0.05) is 54.1 Å². The van der Waals surface area contributed by atoms with Gasteiger partial charge in [-0.25, -0.2) is 4.79 Å². The van der Waals surface area contributed by atoms with Gasteiger partial charge in [-0.2, -0.15) is 0 Å². The molecule has 0 fully saturated rings. The maximum atomic E-state index is 12.8. The first-order valence-electron chi connectivity index (χ1n) is 9.26. The summed E-state index contributed by atoms with van der Waals surface area (Å²) in [6, 6.07) is 20.6. The van der Waals surface area contributed by atoms with Gasteiger partial charge in [-0.3, -0.25) is 4.98 Å². The summed E-state index contributed by atoms with van der Waals surface area (Å²) in [7, 11) is 1.63. The zero-order valence-corrected chi connectivity index (χ0v) is 16.3. The summed E-state index contributed by atoms with van der Waals surface area (Å²) in [5.41, 5.74) is 3.80. The van der Waals surface area contributed by atoms with Crippen LogP contribution in [0.5, 0.6) is 5.75 Å². The summed E-state index contributed by atoms with van der Waals surface area (Å²) in [5.74, 6) is 0.753. The van der Waals surface area contributed by atoms with E-state index in [4.69, 9.17) is 4.74 Å². The average molecular weight is 375 g/mol. The molecule has 0 spiro atoms. The number of hydrogen-bond donors (Lipinski definition) is 2. The smallest absolute Gasteiger partial charge is 0.316 e. The van der Waals surface area contributed by atoms with Gasteiger partial charge in [0.15, 0.2) is 0 Å². The number of benzene rings is 2. The molecule has 0 aliphatic heterocycles. The SMILES string of the molecule is COc1ccc(C)cc1C(C)NC(=O)NC(c1ccccc1)c1ccccn1. The van der Waals surface area contributed by atoms with Crippen LogP contribution in [0.15, 0.2) is 72.9 Å². The second-order valence-electron chi connectivity index (χ2n) is 6.68. The highest BCUT2D eigenvalue weighted by molar-refractivity contribution is 5.75. The van der Waals surface area contributed by atoms with Crippen molar-refractivity contribution in [3.8, 4) is 5.75 Å². The fourth-order valence-electron chi connectivity index (χ4n) is 3.16. The predicted octanol–water partition coefficient (Wildman–Crippen LogP) is 4.55. The molecule has 0 radical (unpaired) electrons. The Bertz CT molecular complexity index is 874. The van der Waals surface area contributed by atoms with E-state index < -0.39 is 0 Å². The minimum atomic E-state index is -0.339. The summed E-state index contributed by atoms with van der Waals surface area (Å²) in [6.45, 7) is 3.96. The number of urea groups is 1. The summed E-state index contributed by atoms with van der Waals surface area (Å²) < 4.78 is 5.44. The molecule has 2 amide bonds. The first-order chi connectivity index (χ1) is 13.6. The van der Waals surface area contributed by atoms with Crippen molar-refractivity contribution in [1.82, 2.24) is 15.6 Å². The Morgan fingerprint density at radius 2 is 1.75 bits per heavy atom. The first kappa shape index (κ1) is 19.4. The molecule has 144 valence electrons. The fourth-order valence-corrected chi connectivity index (χ4v) is 3.16. The van der Waals surface area contributed by atoms with Gasteiger partial charge in [0.2, 0.25) is 0 Å². The molecule has 0 aliphatic rings. The van der Waals surface area contributed by atoms with Crippen LogP contribution in [0.2, 0.25) is 0 Å². The molecule has 0 bridgehead atoms. The third-order valence-corrected chi connectivity index (χ3v) is 4.59. The quantitative estimate of drug-likeness (QED) is 0.664. The van der Waals surface area contributed by atoms with Crippen LogP contribution < -0.4 is 15.4 Å². The number of nitrogens with one attached hydrogen (secondary N) is 2. The Morgan fingerprint density at radius 1 is 1.00 bits per heavy atom. The van der Waals surface area contributed by atoms with Crippen LogP contribution in [0.1, 0.15) is 41.4 Å². The third-order valence-electron chi connectivity index (χ3n) is 4.59. The van der Waals surface area contributed by atoms with Gasteiger partial charge in [-0.05, 0) is 37.6 Å². The number of aryl methyl sites for hydroxylation is 1. The molecule has 3 rings (SSSR count). The Kier molecular flexibility index (Phi) is 6.27. The molecule has 0 saturated heterocycles. The monoisotopic (exact) mass is 375 g/mol. The third kappa shape index (κ3) is 4.68. The van der Waals surface area contributed by atoms with Crippen molar-refractivity contribution in [3.63, 3.8) is 0 Å². The molecule has 3 aromatic rings. The van der Waals surface area contributed by atoms with E-state index in [1.807, 2.05) is 80.6 Å². The van der Waals surface area contributed by atoms with Crippen LogP contribution in [0.4, 0.5) is 4.79 Å². The van der Waals surface area contributed by atoms with Crippen molar-refractivity contribution in [3.05, 3.63) is 95.3 Å². The number of pyridine rings is 1. The van der Waals surface area contributed by atoms with E-state index in [0.29, 0.717) is 0 Å². The van der Waals surface area contributed by atoms with Gasteiger partial charge < -0.3 is 15.4 Å².